The summed E-state index contributed by atoms with van der Waals surface area (Å²) in [5.74, 6) is -0.748. The van der Waals surface area contributed by atoms with E-state index in [0.717, 1.165) is 6.33 Å². The van der Waals surface area contributed by atoms with Crippen LogP contribution in [0.3, 0.4) is 0 Å². The zero-order valence-corrected chi connectivity index (χ0v) is 11.1. The van der Waals surface area contributed by atoms with Crippen LogP contribution in [0, 0.1) is 0 Å². The molecule has 0 unspecified atom stereocenters. The number of ether oxygens (including phenoxy) is 1. The van der Waals surface area contributed by atoms with Crippen molar-refractivity contribution in [3.8, 4) is 0 Å². The topological polar surface area (TPSA) is 64.1 Å². The number of alkyl halides is 3. The highest BCUT2D eigenvalue weighted by atomic mass is 35.5. The van der Waals surface area contributed by atoms with Gasteiger partial charge in [0.05, 0.1) is 0 Å². The van der Waals surface area contributed by atoms with Gasteiger partial charge in [-0.2, -0.15) is 13.2 Å². The number of carbonyl (C=O) groups excluding carboxylic acids is 1. The van der Waals surface area contributed by atoms with Crippen LogP contribution in [0.1, 0.15) is 26.3 Å². The van der Waals surface area contributed by atoms with Gasteiger partial charge < -0.3 is 4.74 Å². The van der Waals surface area contributed by atoms with E-state index in [9.17, 15) is 18.0 Å². The molecule has 19 heavy (non-hydrogen) atoms. The van der Waals surface area contributed by atoms with Crippen molar-refractivity contribution in [2.24, 2.45) is 0 Å². The van der Waals surface area contributed by atoms with Crippen molar-refractivity contribution in [3.05, 3.63) is 17.0 Å². The third-order valence-electron chi connectivity index (χ3n) is 1.70. The number of nitrogens with one attached hydrogen (secondary N) is 1. The lowest BCUT2D eigenvalue weighted by molar-refractivity contribution is -0.137. The van der Waals surface area contributed by atoms with Gasteiger partial charge in [0, 0.05) is 0 Å². The largest absolute Gasteiger partial charge is 0.444 e. The van der Waals surface area contributed by atoms with Gasteiger partial charge in [0.1, 0.15) is 22.6 Å². The fourth-order valence-electron chi connectivity index (χ4n) is 1.11. The van der Waals surface area contributed by atoms with Gasteiger partial charge in [-0.25, -0.2) is 14.8 Å². The molecule has 0 aliphatic rings. The maximum Gasteiger partial charge on any atom is 0.422 e. The van der Waals surface area contributed by atoms with Crippen LogP contribution in [0.2, 0.25) is 5.15 Å². The Bertz CT molecular complexity index is 486. The SMILES string of the molecule is CC(C)(C)OC(=O)Nc1ncnc(Cl)c1C(F)(F)F. The summed E-state index contributed by atoms with van der Waals surface area (Å²) in [7, 11) is 0. The van der Waals surface area contributed by atoms with Gasteiger partial charge in [-0.05, 0) is 20.8 Å². The van der Waals surface area contributed by atoms with Gasteiger partial charge >= 0.3 is 12.3 Å². The zero-order chi connectivity index (χ0) is 14.8. The van der Waals surface area contributed by atoms with Crippen LogP contribution < -0.4 is 5.32 Å². The van der Waals surface area contributed by atoms with Crippen LogP contribution in [0.5, 0.6) is 0 Å². The molecule has 0 bridgehead atoms. The summed E-state index contributed by atoms with van der Waals surface area (Å²) >= 11 is 5.37. The van der Waals surface area contributed by atoms with Crippen LogP contribution in [0.4, 0.5) is 23.8 Å². The van der Waals surface area contributed by atoms with E-state index in [1.165, 1.54) is 0 Å². The third-order valence-corrected chi connectivity index (χ3v) is 1.99. The highest BCUT2D eigenvalue weighted by Gasteiger charge is 2.38. The number of anilines is 1. The second kappa shape index (κ2) is 5.20. The summed E-state index contributed by atoms with van der Waals surface area (Å²) in [6, 6.07) is 0. The van der Waals surface area contributed by atoms with E-state index in [-0.39, 0.29) is 0 Å². The lowest BCUT2D eigenvalue weighted by Crippen LogP contribution is -2.28. The number of aromatic nitrogens is 2. The minimum atomic E-state index is -4.79. The van der Waals surface area contributed by atoms with E-state index in [2.05, 4.69) is 9.97 Å². The first-order valence-corrected chi connectivity index (χ1v) is 5.46. The van der Waals surface area contributed by atoms with Crippen LogP contribution in [0.15, 0.2) is 6.33 Å². The van der Waals surface area contributed by atoms with Crippen LogP contribution in [-0.4, -0.2) is 21.7 Å². The highest BCUT2D eigenvalue weighted by Crippen LogP contribution is 2.37. The Hall–Kier alpha value is -1.57. The van der Waals surface area contributed by atoms with Crippen molar-refractivity contribution in [2.75, 3.05) is 5.32 Å². The molecule has 1 rings (SSSR count). The fraction of sp³-hybridized carbons (Fsp3) is 0.500. The third kappa shape index (κ3) is 4.55. The normalized spacial score (nSPS) is 12.2. The van der Waals surface area contributed by atoms with E-state index >= 15 is 0 Å². The monoisotopic (exact) mass is 297 g/mol. The molecule has 1 N–H and O–H groups in total. The number of rotatable bonds is 1. The molecule has 0 radical (unpaired) electrons. The molecule has 0 aromatic carbocycles. The molecule has 0 saturated heterocycles. The predicted octanol–water partition coefficient (Wildman–Crippen LogP) is 3.50. The van der Waals surface area contributed by atoms with E-state index in [1.807, 2.05) is 5.32 Å². The molecular weight excluding hydrogens is 287 g/mol. The first kappa shape index (κ1) is 15.5. The van der Waals surface area contributed by atoms with Crippen LogP contribution >= 0.6 is 11.6 Å². The summed E-state index contributed by atoms with van der Waals surface area (Å²) < 4.78 is 43.1. The fourth-order valence-corrected chi connectivity index (χ4v) is 1.35. The number of carbonyl (C=O) groups is 1. The molecule has 0 saturated carbocycles. The maximum atomic E-state index is 12.7. The predicted molar refractivity (Wildman–Crippen MR) is 61.9 cm³/mol. The number of hydrogen-bond acceptors (Lipinski definition) is 4. The Kier molecular flexibility index (Phi) is 4.24. The molecule has 0 aliphatic heterocycles. The van der Waals surface area contributed by atoms with Crippen molar-refractivity contribution in [1.82, 2.24) is 9.97 Å². The molecular formula is C10H11ClF3N3O2. The molecule has 0 atom stereocenters. The standard InChI is InChI=1S/C10H11ClF3N3O2/c1-9(2,3)19-8(18)17-7-5(10(12,13)14)6(11)15-4-16-7/h4H,1-3H3,(H,15,16,17,18). The van der Waals surface area contributed by atoms with Crippen molar-refractivity contribution < 1.29 is 22.7 Å². The average molecular weight is 298 g/mol. The Morgan fingerprint density at radius 3 is 2.37 bits per heavy atom. The molecule has 0 fully saturated rings. The summed E-state index contributed by atoms with van der Waals surface area (Å²) in [5, 5.41) is 1.10. The van der Waals surface area contributed by atoms with E-state index in [4.69, 9.17) is 16.3 Å². The lowest BCUT2D eigenvalue weighted by atomic mass is 10.2. The lowest BCUT2D eigenvalue weighted by Gasteiger charge is -2.20. The molecule has 0 aliphatic carbocycles. The number of halogens is 4. The van der Waals surface area contributed by atoms with Crippen molar-refractivity contribution >= 4 is 23.5 Å². The van der Waals surface area contributed by atoms with E-state index in [0.29, 0.717) is 0 Å². The zero-order valence-electron chi connectivity index (χ0n) is 10.3. The minimum Gasteiger partial charge on any atom is -0.444 e. The number of hydrogen-bond donors (Lipinski definition) is 1. The van der Waals surface area contributed by atoms with Gasteiger partial charge in [-0.3, -0.25) is 5.32 Å². The Labute approximate surface area is 112 Å². The second-order valence-electron chi connectivity index (χ2n) is 4.51. The summed E-state index contributed by atoms with van der Waals surface area (Å²) in [6.45, 7) is 4.72. The summed E-state index contributed by atoms with van der Waals surface area (Å²) in [6.07, 6.45) is -5.04. The second-order valence-corrected chi connectivity index (χ2v) is 4.87. The van der Waals surface area contributed by atoms with Gasteiger partial charge in [-0.15, -0.1) is 0 Å². The molecule has 1 amide bonds. The molecule has 1 aromatic heterocycles. The van der Waals surface area contributed by atoms with Crippen molar-refractivity contribution in [2.45, 2.75) is 32.5 Å². The Morgan fingerprint density at radius 1 is 1.32 bits per heavy atom. The quantitative estimate of drug-likeness (QED) is 0.806. The van der Waals surface area contributed by atoms with Crippen LogP contribution in [-0.2, 0) is 10.9 Å². The highest BCUT2D eigenvalue weighted by molar-refractivity contribution is 6.30. The van der Waals surface area contributed by atoms with Crippen LogP contribution in [0.25, 0.3) is 0 Å². The summed E-state index contributed by atoms with van der Waals surface area (Å²) in [5.41, 5.74) is -2.17. The summed E-state index contributed by atoms with van der Waals surface area (Å²) in [4.78, 5) is 18.0. The number of nitrogens with zero attached hydrogens (tertiary/aromatic N) is 2. The molecule has 5 nitrogen and oxygen atoms in total. The maximum absolute atomic E-state index is 12.7. The molecule has 0 spiro atoms. The molecule has 1 heterocycles. The first-order valence-electron chi connectivity index (χ1n) is 5.08. The minimum absolute atomic E-state index is 0.748. The first-order chi connectivity index (χ1) is 8.50. The van der Waals surface area contributed by atoms with Gasteiger partial charge in [-0.1, -0.05) is 11.6 Å². The van der Waals surface area contributed by atoms with E-state index in [1.54, 1.807) is 20.8 Å². The van der Waals surface area contributed by atoms with Crippen molar-refractivity contribution in [1.29, 1.82) is 0 Å². The Morgan fingerprint density at radius 2 is 1.89 bits per heavy atom. The molecule has 9 heteroatoms. The number of amides is 1. The molecule has 106 valence electrons. The Balaban J connectivity index is 3.03. The van der Waals surface area contributed by atoms with Gasteiger partial charge in [0.25, 0.3) is 0 Å². The van der Waals surface area contributed by atoms with Gasteiger partial charge in [0.15, 0.2) is 5.82 Å². The van der Waals surface area contributed by atoms with E-state index < -0.39 is 34.4 Å². The average Bonchev–Trinajstić information content (AvgIpc) is 2.11. The smallest absolute Gasteiger partial charge is 0.422 e. The van der Waals surface area contributed by atoms with Crippen molar-refractivity contribution in [3.63, 3.8) is 0 Å². The van der Waals surface area contributed by atoms with Gasteiger partial charge in [0.2, 0.25) is 0 Å². The molecule has 1 aromatic rings.